The number of rotatable bonds is 6. The van der Waals surface area contributed by atoms with E-state index in [2.05, 4.69) is 30.7 Å². The Morgan fingerprint density at radius 2 is 2.20 bits per heavy atom. The van der Waals surface area contributed by atoms with Crippen LogP contribution >= 0.6 is 23.5 Å². The lowest BCUT2D eigenvalue weighted by molar-refractivity contribution is 0.398. The lowest BCUT2D eigenvalue weighted by Crippen LogP contribution is -2.37. The summed E-state index contributed by atoms with van der Waals surface area (Å²) >= 11 is 4.06. The molecule has 2 heterocycles. The third kappa shape index (κ3) is 3.28. The highest BCUT2D eigenvalue weighted by Crippen LogP contribution is 2.41. The summed E-state index contributed by atoms with van der Waals surface area (Å²) in [6, 6.07) is -0.0123. The van der Waals surface area contributed by atoms with Gasteiger partial charge < -0.3 is 10.5 Å². The van der Waals surface area contributed by atoms with E-state index in [4.69, 9.17) is 10.5 Å². The summed E-state index contributed by atoms with van der Waals surface area (Å²) < 4.78 is 7.50. The molecule has 20 heavy (non-hydrogen) atoms. The molecular weight excluding hydrogens is 290 g/mol. The molecule has 1 saturated heterocycles. The van der Waals surface area contributed by atoms with Gasteiger partial charge in [-0.25, -0.2) is 0 Å². The van der Waals surface area contributed by atoms with Crippen LogP contribution in [0.25, 0.3) is 0 Å². The van der Waals surface area contributed by atoms with E-state index in [-0.39, 0.29) is 6.04 Å². The van der Waals surface area contributed by atoms with Crippen LogP contribution in [0.2, 0.25) is 0 Å². The first-order valence-corrected chi connectivity index (χ1v) is 9.41. The van der Waals surface area contributed by atoms with E-state index in [1.807, 2.05) is 16.4 Å². The van der Waals surface area contributed by atoms with E-state index < -0.39 is 0 Å². The lowest BCUT2D eigenvalue weighted by Gasteiger charge is -2.34. The van der Waals surface area contributed by atoms with Crippen molar-refractivity contribution in [2.24, 2.45) is 5.73 Å². The van der Waals surface area contributed by atoms with Gasteiger partial charge in [0.2, 0.25) is 0 Å². The average molecular weight is 316 g/mol. The van der Waals surface area contributed by atoms with Gasteiger partial charge in [-0.3, -0.25) is 4.68 Å². The second-order valence-corrected chi connectivity index (χ2v) is 7.63. The second kappa shape index (κ2) is 7.61. The molecule has 3 unspecified atom stereocenters. The number of methoxy groups -OCH3 is 1. The molecule has 0 aliphatic carbocycles. The van der Waals surface area contributed by atoms with Gasteiger partial charge in [-0.15, -0.1) is 0 Å². The van der Waals surface area contributed by atoms with E-state index in [0.29, 0.717) is 10.5 Å². The molecule has 1 aliphatic heterocycles. The topological polar surface area (TPSA) is 53.1 Å². The summed E-state index contributed by atoms with van der Waals surface area (Å²) in [6.07, 6.45) is 4.01. The van der Waals surface area contributed by atoms with Crippen LogP contribution in [-0.2, 0) is 6.54 Å². The van der Waals surface area contributed by atoms with Crippen molar-refractivity contribution in [3.8, 4) is 5.75 Å². The minimum atomic E-state index is -0.0123. The van der Waals surface area contributed by atoms with E-state index in [9.17, 15) is 0 Å². The molecule has 2 rings (SSSR count). The molecular formula is C14H25N3OS2. The third-order valence-corrected chi connectivity index (χ3v) is 7.04. The number of nitrogens with zero attached hydrogens (tertiary/aromatic N) is 2. The quantitative estimate of drug-likeness (QED) is 0.875. The van der Waals surface area contributed by atoms with Gasteiger partial charge in [0.1, 0.15) is 0 Å². The Bertz CT molecular complexity index is 425. The van der Waals surface area contributed by atoms with Crippen LogP contribution in [-0.4, -0.2) is 38.9 Å². The van der Waals surface area contributed by atoms with Crippen molar-refractivity contribution in [2.45, 2.75) is 49.8 Å². The molecule has 0 radical (unpaired) electrons. The summed E-state index contributed by atoms with van der Waals surface area (Å²) in [4.78, 5) is 0. The summed E-state index contributed by atoms with van der Waals surface area (Å²) in [6.45, 7) is 5.31. The van der Waals surface area contributed by atoms with Gasteiger partial charge in [-0.2, -0.15) is 28.6 Å². The minimum Gasteiger partial charge on any atom is -0.493 e. The van der Waals surface area contributed by atoms with Crippen LogP contribution in [0.1, 0.15) is 38.4 Å². The Balaban J connectivity index is 2.26. The van der Waals surface area contributed by atoms with E-state index in [0.717, 1.165) is 24.4 Å². The van der Waals surface area contributed by atoms with Gasteiger partial charge in [-0.05, 0) is 12.8 Å². The second-order valence-electron chi connectivity index (χ2n) is 5.00. The highest BCUT2D eigenvalue weighted by molar-refractivity contribution is 8.07. The zero-order valence-electron chi connectivity index (χ0n) is 12.5. The van der Waals surface area contributed by atoms with Gasteiger partial charge in [-0.1, -0.05) is 13.8 Å². The molecule has 0 saturated carbocycles. The summed E-state index contributed by atoms with van der Waals surface area (Å²) in [5.74, 6) is 3.25. The maximum absolute atomic E-state index is 6.61. The monoisotopic (exact) mass is 315 g/mol. The number of aromatic nitrogens is 2. The van der Waals surface area contributed by atoms with Crippen LogP contribution in [0.5, 0.6) is 5.75 Å². The van der Waals surface area contributed by atoms with Crippen molar-refractivity contribution in [1.29, 1.82) is 0 Å². The standard InChI is InChI=1S/C14H25N3OS2/c1-4-6-17-13(10(18-3)9-16-17)12(15)14-11(5-2)19-7-8-20-14/h9,11-12,14H,4-8,15H2,1-3H3. The largest absolute Gasteiger partial charge is 0.493 e. The molecule has 0 bridgehead atoms. The van der Waals surface area contributed by atoms with Gasteiger partial charge in [0, 0.05) is 28.6 Å². The van der Waals surface area contributed by atoms with Gasteiger partial charge >= 0.3 is 0 Å². The number of ether oxygens (including phenoxy) is 1. The summed E-state index contributed by atoms with van der Waals surface area (Å²) in [5, 5.41) is 5.51. The molecule has 1 aromatic rings. The highest BCUT2D eigenvalue weighted by Gasteiger charge is 2.34. The minimum absolute atomic E-state index is 0.0123. The van der Waals surface area contributed by atoms with Crippen molar-refractivity contribution in [3.05, 3.63) is 11.9 Å². The predicted octanol–water partition coefficient (Wildman–Crippen LogP) is 2.93. The van der Waals surface area contributed by atoms with Crippen LogP contribution < -0.4 is 10.5 Å². The van der Waals surface area contributed by atoms with Crippen molar-refractivity contribution in [2.75, 3.05) is 18.6 Å². The van der Waals surface area contributed by atoms with Crippen LogP contribution in [0, 0.1) is 0 Å². The fourth-order valence-electron chi connectivity index (χ4n) is 2.69. The SMILES string of the molecule is CCCn1ncc(OC)c1C(N)C1SCCSC1CC. The van der Waals surface area contributed by atoms with Gasteiger partial charge in [0.25, 0.3) is 0 Å². The Morgan fingerprint density at radius 3 is 2.85 bits per heavy atom. The van der Waals surface area contributed by atoms with Crippen molar-refractivity contribution in [3.63, 3.8) is 0 Å². The molecule has 0 aromatic carbocycles. The molecule has 0 spiro atoms. The van der Waals surface area contributed by atoms with E-state index >= 15 is 0 Å². The first-order valence-electron chi connectivity index (χ1n) is 7.31. The molecule has 4 nitrogen and oxygen atoms in total. The van der Waals surface area contributed by atoms with Crippen LogP contribution in [0.4, 0.5) is 0 Å². The van der Waals surface area contributed by atoms with E-state index in [1.54, 1.807) is 13.3 Å². The van der Waals surface area contributed by atoms with Crippen molar-refractivity contribution in [1.82, 2.24) is 9.78 Å². The Kier molecular flexibility index (Phi) is 6.11. The molecule has 0 amide bonds. The number of hydrogen-bond acceptors (Lipinski definition) is 5. The van der Waals surface area contributed by atoms with Crippen molar-refractivity contribution < 1.29 is 4.74 Å². The molecule has 114 valence electrons. The number of aryl methyl sites for hydroxylation is 1. The van der Waals surface area contributed by atoms with Gasteiger partial charge in [0.05, 0.1) is 25.0 Å². The highest BCUT2D eigenvalue weighted by atomic mass is 32.2. The van der Waals surface area contributed by atoms with Crippen LogP contribution in [0.15, 0.2) is 6.20 Å². The molecule has 6 heteroatoms. The smallest absolute Gasteiger partial charge is 0.161 e. The molecule has 3 atom stereocenters. The first kappa shape index (κ1) is 16.0. The molecule has 1 aliphatic rings. The first-order chi connectivity index (χ1) is 9.72. The predicted molar refractivity (Wildman–Crippen MR) is 88.8 cm³/mol. The number of thioether (sulfide) groups is 2. The van der Waals surface area contributed by atoms with Crippen molar-refractivity contribution >= 4 is 23.5 Å². The average Bonchev–Trinajstić information content (AvgIpc) is 2.89. The Morgan fingerprint density at radius 1 is 1.45 bits per heavy atom. The fraction of sp³-hybridized carbons (Fsp3) is 0.786. The van der Waals surface area contributed by atoms with Gasteiger partial charge in [0.15, 0.2) is 5.75 Å². The van der Waals surface area contributed by atoms with E-state index in [1.165, 1.54) is 17.9 Å². The Labute approximate surface area is 130 Å². The molecule has 1 fully saturated rings. The molecule has 2 N–H and O–H groups in total. The summed E-state index contributed by atoms with van der Waals surface area (Å²) in [5.41, 5.74) is 7.68. The third-order valence-electron chi connectivity index (χ3n) is 3.66. The molecule has 1 aromatic heterocycles. The fourth-order valence-corrected chi connectivity index (χ4v) is 5.84. The normalized spacial score (nSPS) is 24.6. The maximum atomic E-state index is 6.61. The number of hydrogen-bond donors (Lipinski definition) is 1. The maximum Gasteiger partial charge on any atom is 0.161 e. The summed E-state index contributed by atoms with van der Waals surface area (Å²) in [7, 11) is 1.70. The zero-order chi connectivity index (χ0) is 14.5. The number of nitrogens with two attached hydrogens (primary N) is 1. The Hall–Kier alpha value is -0.330. The zero-order valence-corrected chi connectivity index (χ0v) is 14.2. The van der Waals surface area contributed by atoms with Crippen LogP contribution in [0.3, 0.4) is 0 Å². The lowest BCUT2D eigenvalue weighted by atomic mass is 10.1.